The summed E-state index contributed by atoms with van der Waals surface area (Å²) in [5.41, 5.74) is -0.926. The van der Waals surface area contributed by atoms with Crippen LogP contribution in [0, 0.1) is 5.41 Å². The van der Waals surface area contributed by atoms with Gasteiger partial charge in [0, 0.05) is 0 Å². The Balaban J connectivity index is 5.04. The Hall–Kier alpha value is -0.130. The van der Waals surface area contributed by atoms with Gasteiger partial charge in [-0.15, -0.1) is 0 Å². The first-order chi connectivity index (χ1) is 8.70. The van der Waals surface area contributed by atoms with Gasteiger partial charge < -0.3 is 0 Å². The van der Waals surface area contributed by atoms with Gasteiger partial charge in [-0.1, -0.05) is 48.0 Å². The second-order valence-electron chi connectivity index (χ2n) is 5.61. The molecule has 0 heterocycles. The molecule has 116 valence electrons. The Morgan fingerprint density at radius 3 is 1.84 bits per heavy atom. The first-order valence-electron chi connectivity index (χ1n) is 7.30. The molecule has 0 aromatic carbocycles. The van der Waals surface area contributed by atoms with E-state index in [0.29, 0.717) is 19.3 Å². The minimum atomic E-state index is -3.93. The second kappa shape index (κ2) is 7.60. The van der Waals surface area contributed by atoms with E-state index in [9.17, 15) is 8.42 Å². The summed E-state index contributed by atoms with van der Waals surface area (Å²) in [7, 11) is -3.93. The third-order valence-electron chi connectivity index (χ3n) is 4.25. The fourth-order valence-electron chi connectivity index (χ4n) is 2.28. The van der Waals surface area contributed by atoms with Crippen LogP contribution in [0.5, 0.6) is 0 Å². The van der Waals surface area contributed by atoms with E-state index in [1.807, 2.05) is 41.5 Å². The molecular weight excluding hydrogens is 264 g/mol. The van der Waals surface area contributed by atoms with Crippen molar-refractivity contribution in [3.63, 3.8) is 0 Å². The van der Waals surface area contributed by atoms with Crippen LogP contribution in [0.2, 0.25) is 0 Å². The quantitative estimate of drug-likeness (QED) is 0.570. The van der Waals surface area contributed by atoms with Gasteiger partial charge in [0.1, 0.15) is 0 Å². The van der Waals surface area contributed by atoms with Crippen LogP contribution in [0.15, 0.2) is 0 Å². The third kappa shape index (κ3) is 5.04. The van der Waals surface area contributed by atoms with Crippen molar-refractivity contribution in [2.45, 2.75) is 79.2 Å². The Labute approximate surface area is 119 Å². The Morgan fingerprint density at radius 2 is 1.47 bits per heavy atom. The molecular formula is C14H30O4S. The lowest BCUT2D eigenvalue weighted by Gasteiger charge is -2.44. The van der Waals surface area contributed by atoms with E-state index in [2.05, 4.69) is 0 Å². The summed E-state index contributed by atoms with van der Waals surface area (Å²) in [6.07, 6.45) is 3.73. The van der Waals surface area contributed by atoms with Crippen LogP contribution in [-0.4, -0.2) is 20.6 Å². The van der Waals surface area contributed by atoms with Crippen LogP contribution in [0.1, 0.15) is 73.6 Å². The van der Waals surface area contributed by atoms with Gasteiger partial charge >= 0.3 is 10.4 Å². The molecule has 4 nitrogen and oxygen atoms in total. The normalized spacial score (nSPS) is 13.8. The van der Waals surface area contributed by atoms with Gasteiger partial charge in [0.25, 0.3) is 0 Å². The van der Waals surface area contributed by atoms with Crippen LogP contribution in [0.25, 0.3) is 0 Å². The summed E-state index contributed by atoms with van der Waals surface area (Å²) < 4.78 is 34.3. The van der Waals surface area contributed by atoms with E-state index >= 15 is 0 Å². The predicted molar refractivity (Wildman–Crippen MR) is 78.2 cm³/mol. The molecule has 0 spiro atoms. The van der Waals surface area contributed by atoms with Gasteiger partial charge in [-0.2, -0.15) is 8.42 Å². The van der Waals surface area contributed by atoms with Crippen LogP contribution in [-0.2, 0) is 18.8 Å². The molecule has 0 saturated carbocycles. The van der Waals surface area contributed by atoms with Gasteiger partial charge in [0.05, 0.1) is 12.2 Å². The van der Waals surface area contributed by atoms with Crippen LogP contribution >= 0.6 is 0 Å². The molecule has 0 bridgehead atoms. The summed E-state index contributed by atoms with van der Waals surface area (Å²) in [6.45, 7) is 12.2. The summed E-state index contributed by atoms with van der Waals surface area (Å²) in [5, 5.41) is 0. The summed E-state index contributed by atoms with van der Waals surface area (Å²) in [4.78, 5) is 0. The zero-order valence-corrected chi connectivity index (χ0v) is 14.1. The molecule has 0 aliphatic heterocycles. The molecule has 0 radical (unpaired) electrons. The zero-order valence-electron chi connectivity index (χ0n) is 13.3. The van der Waals surface area contributed by atoms with Crippen molar-refractivity contribution < 1.29 is 16.8 Å². The topological polar surface area (TPSA) is 52.6 Å². The lowest BCUT2D eigenvalue weighted by molar-refractivity contribution is -0.0569. The average Bonchev–Trinajstić information content (AvgIpc) is 2.36. The minimum Gasteiger partial charge on any atom is -0.248 e. The number of unbranched alkanes of at least 4 members (excludes halogenated alkanes) is 1. The first-order valence-corrected chi connectivity index (χ1v) is 8.63. The zero-order chi connectivity index (χ0) is 15.2. The van der Waals surface area contributed by atoms with Gasteiger partial charge in [-0.25, -0.2) is 8.37 Å². The van der Waals surface area contributed by atoms with E-state index in [-0.39, 0.29) is 12.0 Å². The Bertz CT molecular complexity index is 342. The van der Waals surface area contributed by atoms with Crippen molar-refractivity contribution in [2.24, 2.45) is 5.41 Å². The largest absolute Gasteiger partial charge is 0.400 e. The van der Waals surface area contributed by atoms with E-state index in [1.54, 1.807) is 0 Å². The number of rotatable bonds is 10. The minimum absolute atomic E-state index is 0.189. The maximum Gasteiger partial charge on any atom is 0.400 e. The van der Waals surface area contributed by atoms with Gasteiger partial charge in [-0.3, -0.25) is 0 Å². The highest BCUT2D eigenvalue weighted by Crippen LogP contribution is 2.43. The molecule has 0 N–H and O–H groups in total. The monoisotopic (exact) mass is 294 g/mol. The number of hydrogen-bond donors (Lipinski definition) is 0. The van der Waals surface area contributed by atoms with Gasteiger partial charge in [-0.05, 0) is 31.1 Å². The van der Waals surface area contributed by atoms with Crippen LogP contribution < -0.4 is 0 Å². The molecule has 0 aliphatic carbocycles. The highest BCUT2D eigenvalue weighted by molar-refractivity contribution is 7.81. The standard InChI is InChI=1S/C14H30O4S/c1-7-11-12-17-19(15,16)18-14(9-3,10-4)13(5,6)8-2/h7-12H2,1-6H3. The highest BCUT2D eigenvalue weighted by atomic mass is 32.3. The molecule has 19 heavy (non-hydrogen) atoms. The fourth-order valence-corrected chi connectivity index (χ4v) is 3.51. The third-order valence-corrected chi connectivity index (χ3v) is 5.23. The molecule has 0 fully saturated rings. The Morgan fingerprint density at radius 1 is 0.947 bits per heavy atom. The van der Waals surface area contributed by atoms with Crippen molar-refractivity contribution in [2.75, 3.05) is 6.61 Å². The maximum atomic E-state index is 12.0. The summed E-state index contributed by atoms with van der Waals surface area (Å²) >= 11 is 0. The van der Waals surface area contributed by atoms with Crippen molar-refractivity contribution in [1.29, 1.82) is 0 Å². The average molecular weight is 294 g/mol. The molecule has 0 aromatic rings. The van der Waals surface area contributed by atoms with Crippen molar-refractivity contribution in [3.8, 4) is 0 Å². The van der Waals surface area contributed by atoms with Gasteiger partial charge in [0.15, 0.2) is 0 Å². The molecule has 0 atom stereocenters. The van der Waals surface area contributed by atoms with Crippen LogP contribution in [0.3, 0.4) is 0 Å². The smallest absolute Gasteiger partial charge is 0.248 e. The molecule has 0 unspecified atom stereocenters. The van der Waals surface area contributed by atoms with Crippen molar-refractivity contribution in [3.05, 3.63) is 0 Å². The van der Waals surface area contributed by atoms with E-state index < -0.39 is 16.0 Å². The molecule has 0 saturated heterocycles. The molecule has 0 aliphatic rings. The van der Waals surface area contributed by atoms with Crippen LogP contribution in [0.4, 0.5) is 0 Å². The second-order valence-corrected chi connectivity index (χ2v) is 6.82. The summed E-state index contributed by atoms with van der Waals surface area (Å²) in [5.74, 6) is 0. The van der Waals surface area contributed by atoms with E-state index in [4.69, 9.17) is 8.37 Å². The molecule has 5 heteroatoms. The molecule has 0 rings (SSSR count). The lowest BCUT2D eigenvalue weighted by Crippen LogP contribution is -2.47. The maximum absolute atomic E-state index is 12.0. The van der Waals surface area contributed by atoms with Gasteiger partial charge in [0.2, 0.25) is 0 Å². The van der Waals surface area contributed by atoms with E-state index in [0.717, 1.165) is 12.8 Å². The Kier molecular flexibility index (Phi) is 7.55. The SMILES string of the molecule is CCCCOS(=O)(=O)OC(CC)(CC)C(C)(C)CC. The van der Waals surface area contributed by atoms with Crippen molar-refractivity contribution >= 4 is 10.4 Å². The molecule has 0 aromatic heterocycles. The summed E-state index contributed by atoms with van der Waals surface area (Å²) in [6, 6.07) is 0. The highest BCUT2D eigenvalue weighted by Gasteiger charge is 2.46. The molecule has 0 amide bonds. The first kappa shape index (κ1) is 18.9. The van der Waals surface area contributed by atoms with E-state index in [1.165, 1.54) is 0 Å². The van der Waals surface area contributed by atoms with Crippen molar-refractivity contribution in [1.82, 2.24) is 0 Å². The number of hydrogen-bond acceptors (Lipinski definition) is 4. The lowest BCUT2D eigenvalue weighted by atomic mass is 9.70. The predicted octanol–water partition coefficient (Wildman–Crippen LogP) is 4.06. The fraction of sp³-hybridized carbons (Fsp3) is 1.00.